The van der Waals surface area contributed by atoms with Crippen LogP contribution in [0.3, 0.4) is 0 Å². The molecule has 0 N–H and O–H groups in total. The van der Waals surface area contributed by atoms with Gasteiger partial charge in [0.25, 0.3) is 5.91 Å². The third kappa shape index (κ3) is 2.00. The Hall–Kier alpha value is -2.02. The summed E-state index contributed by atoms with van der Waals surface area (Å²) in [6.45, 7) is 2.91. The van der Waals surface area contributed by atoms with Crippen molar-refractivity contribution in [2.45, 2.75) is 51.5 Å². The van der Waals surface area contributed by atoms with Crippen LogP contribution in [-0.4, -0.2) is 43.0 Å². The predicted octanol–water partition coefficient (Wildman–Crippen LogP) is 2.84. The standard InChI is InChI=1S/C17H19N5OS/c1-10-5-2-3-8-21(10)17(23)14-19-15-13-11-6-4-7-12(11)24-16(13)18-9-22(15)20-14/h9-10H,2-8H2,1H3. The highest BCUT2D eigenvalue weighted by atomic mass is 32.1. The summed E-state index contributed by atoms with van der Waals surface area (Å²) < 4.78 is 1.68. The number of amides is 1. The van der Waals surface area contributed by atoms with Gasteiger partial charge in [-0.2, -0.15) is 0 Å². The lowest BCUT2D eigenvalue weighted by molar-refractivity contribution is 0.0623. The van der Waals surface area contributed by atoms with Gasteiger partial charge in [0.1, 0.15) is 11.2 Å². The molecular formula is C17H19N5OS. The molecule has 0 aromatic carbocycles. The highest BCUT2D eigenvalue weighted by molar-refractivity contribution is 7.19. The molecule has 5 rings (SSSR count). The van der Waals surface area contributed by atoms with Gasteiger partial charge in [-0.25, -0.2) is 14.5 Å². The average molecular weight is 341 g/mol. The third-order valence-corrected chi connectivity index (χ3v) is 6.50. The number of thiophene rings is 1. The molecule has 1 amide bonds. The van der Waals surface area contributed by atoms with E-state index in [2.05, 4.69) is 22.0 Å². The van der Waals surface area contributed by atoms with Crippen molar-refractivity contribution in [3.05, 3.63) is 22.6 Å². The van der Waals surface area contributed by atoms with E-state index in [0.717, 1.165) is 48.1 Å². The second kappa shape index (κ2) is 5.24. The first-order valence-corrected chi connectivity index (χ1v) is 9.50. The minimum absolute atomic E-state index is 0.0501. The summed E-state index contributed by atoms with van der Waals surface area (Å²) in [5, 5.41) is 5.54. The van der Waals surface area contributed by atoms with E-state index in [1.165, 1.54) is 23.3 Å². The first-order chi connectivity index (χ1) is 11.7. The lowest BCUT2D eigenvalue weighted by atomic mass is 10.0. The van der Waals surface area contributed by atoms with Crippen molar-refractivity contribution in [3.8, 4) is 0 Å². The van der Waals surface area contributed by atoms with Crippen molar-refractivity contribution in [3.63, 3.8) is 0 Å². The van der Waals surface area contributed by atoms with E-state index in [1.807, 2.05) is 4.90 Å². The van der Waals surface area contributed by atoms with Crippen LogP contribution in [0.15, 0.2) is 6.33 Å². The zero-order valence-electron chi connectivity index (χ0n) is 13.7. The van der Waals surface area contributed by atoms with E-state index in [1.54, 1.807) is 22.2 Å². The maximum atomic E-state index is 12.9. The molecule has 6 nitrogen and oxygen atoms in total. The fourth-order valence-corrected chi connectivity index (χ4v) is 5.24. The van der Waals surface area contributed by atoms with Crippen molar-refractivity contribution in [1.82, 2.24) is 24.5 Å². The minimum atomic E-state index is -0.0501. The quantitative estimate of drug-likeness (QED) is 0.683. The number of aryl methyl sites for hydroxylation is 2. The number of carbonyl (C=O) groups is 1. The molecule has 1 atom stereocenters. The fraction of sp³-hybridized carbons (Fsp3) is 0.529. The van der Waals surface area contributed by atoms with Crippen molar-refractivity contribution in [1.29, 1.82) is 0 Å². The maximum absolute atomic E-state index is 12.9. The van der Waals surface area contributed by atoms with Crippen LogP contribution in [0, 0.1) is 0 Å². The van der Waals surface area contributed by atoms with E-state index in [4.69, 9.17) is 0 Å². The van der Waals surface area contributed by atoms with Crippen LogP contribution >= 0.6 is 11.3 Å². The van der Waals surface area contributed by atoms with E-state index in [-0.39, 0.29) is 11.9 Å². The largest absolute Gasteiger partial charge is 0.333 e. The third-order valence-electron chi connectivity index (χ3n) is 5.30. The minimum Gasteiger partial charge on any atom is -0.333 e. The molecular weight excluding hydrogens is 322 g/mol. The monoisotopic (exact) mass is 341 g/mol. The second-order valence-electron chi connectivity index (χ2n) is 6.83. The molecule has 1 saturated heterocycles. The summed E-state index contributed by atoms with van der Waals surface area (Å²) in [6, 6.07) is 0.265. The van der Waals surface area contributed by atoms with Crippen molar-refractivity contribution in [2.75, 3.05) is 6.54 Å². The molecule has 7 heteroatoms. The number of piperidine rings is 1. The van der Waals surface area contributed by atoms with Crippen molar-refractivity contribution >= 4 is 33.1 Å². The van der Waals surface area contributed by atoms with Gasteiger partial charge in [0, 0.05) is 17.5 Å². The van der Waals surface area contributed by atoms with Gasteiger partial charge in [-0.15, -0.1) is 16.4 Å². The Morgan fingerprint density at radius 3 is 3.08 bits per heavy atom. The van der Waals surface area contributed by atoms with Crippen LogP contribution in [0.1, 0.15) is 53.7 Å². The first-order valence-electron chi connectivity index (χ1n) is 8.69. The predicted molar refractivity (Wildman–Crippen MR) is 92.5 cm³/mol. The van der Waals surface area contributed by atoms with E-state index < -0.39 is 0 Å². The average Bonchev–Trinajstić information content (AvgIpc) is 3.27. The highest BCUT2D eigenvalue weighted by Gasteiger charge is 2.28. The van der Waals surface area contributed by atoms with Crippen molar-refractivity contribution < 1.29 is 4.79 Å². The normalized spacial score (nSPS) is 20.9. The van der Waals surface area contributed by atoms with Gasteiger partial charge in [0.05, 0.1) is 5.39 Å². The topological polar surface area (TPSA) is 63.4 Å². The van der Waals surface area contributed by atoms with E-state index >= 15 is 0 Å². The smallest absolute Gasteiger partial charge is 0.293 e. The number of hydrogen-bond donors (Lipinski definition) is 0. The summed E-state index contributed by atoms with van der Waals surface area (Å²) in [6.07, 6.45) is 8.41. The van der Waals surface area contributed by atoms with Gasteiger partial charge in [-0.1, -0.05) is 0 Å². The summed E-state index contributed by atoms with van der Waals surface area (Å²) in [5.41, 5.74) is 2.15. The number of aromatic nitrogens is 4. The second-order valence-corrected chi connectivity index (χ2v) is 7.91. The van der Waals surface area contributed by atoms with Gasteiger partial charge < -0.3 is 4.90 Å². The molecule has 0 radical (unpaired) electrons. The van der Waals surface area contributed by atoms with Crippen LogP contribution in [0.4, 0.5) is 0 Å². The maximum Gasteiger partial charge on any atom is 0.293 e. The van der Waals surface area contributed by atoms with Gasteiger partial charge in [0.2, 0.25) is 5.82 Å². The van der Waals surface area contributed by atoms with Crippen LogP contribution in [0.2, 0.25) is 0 Å². The Morgan fingerprint density at radius 2 is 2.21 bits per heavy atom. The van der Waals surface area contributed by atoms with Crippen LogP contribution in [0.25, 0.3) is 15.9 Å². The first kappa shape index (κ1) is 14.3. The van der Waals surface area contributed by atoms with Gasteiger partial charge in [-0.05, 0) is 51.0 Å². The number of likely N-dealkylation sites (tertiary alicyclic amines) is 1. The van der Waals surface area contributed by atoms with E-state index in [0.29, 0.717) is 5.82 Å². The molecule has 124 valence electrons. The van der Waals surface area contributed by atoms with Gasteiger partial charge in [0.15, 0.2) is 5.65 Å². The molecule has 2 aliphatic rings. The number of carbonyl (C=O) groups excluding carboxylic acids is 1. The summed E-state index contributed by atoms with van der Waals surface area (Å²) in [7, 11) is 0. The van der Waals surface area contributed by atoms with Crippen LogP contribution < -0.4 is 0 Å². The molecule has 0 bridgehead atoms. The molecule has 0 spiro atoms. The molecule has 1 unspecified atom stereocenters. The number of hydrogen-bond acceptors (Lipinski definition) is 5. The Kier molecular flexibility index (Phi) is 3.13. The van der Waals surface area contributed by atoms with Gasteiger partial charge >= 0.3 is 0 Å². The lowest BCUT2D eigenvalue weighted by Gasteiger charge is -2.32. The number of rotatable bonds is 1. The molecule has 0 saturated carbocycles. The Bertz CT molecular complexity index is 959. The number of nitrogens with zero attached hydrogens (tertiary/aromatic N) is 5. The zero-order chi connectivity index (χ0) is 16.3. The van der Waals surface area contributed by atoms with Gasteiger partial charge in [-0.3, -0.25) is 4.79 Å². The number of fused-ring (bicyclic) bond motifs is 5. The fourth-order valence-electron chi connectivity index (χ4n) is 4.01. The summed E-state index contributed by atoms with van der Waals surface area (Å²) >= 11 is 1.76. The SMILES string of the molecule is CC1CCCCN1C(=O)c1nc2c3c4c(sc3ncn2n1)CCC4. The molecule has 3 aromatic heterocycles. The molecule has 1 aliphatic carbocycles. The Morgan fingerprint density at radius 1 is 1.29 bits per heavy atom. The summed E-state index contributed by atoms with van der Waals surface area (Å²) in [5.74, 6) is 0.252. The van der Waals surface area contributed by atoms with Crippen LogP contribution in [-0.2, 0) is 12.8 Å². The molecule has 3 aromatic rings. The molecule has 1 fully saturated rings. The van der Waals surface area contributed by atoms with Crippen molar-refractivity contribution in [2.24, 2.45) is 0 Å². The summed E-state index contributed by atoms with van der Waals surface area (Å²) in [4.78, 5) is 26.4. The Balaban J connectivity index is 1.63. The molecule has 1 aliphatic heterocycles. The lowest BCUT2D eigenvalue weighted by Crippen LogP contribution is -2.42. The van der Waals surface area contributed by atoms with E-state index in [9.17, 15) is 4.79 Å². The van der Waals surface area contributed by atoms with Crippen LogP contribution in [0.5, 0.6) is 0 Å². The highest BCUT2D eigenvalue weighted by Crippen LogP contribution is 2.37. The molecule has 4 heterocycles. The molecule has 24 heavy (non-hydrogen) atoms. The Labute approximate surface area is 143 Å². The zero-order valence-corrected chi connectivity index (χ0v) is 14.5.